The first-order valence-electron chi connectivity index (χ1n) is 9.90. The van der Waals surface area contributed by atoms with Crippen LogP contribution in [-0.4, -0.2) is 26.4 Å². The van der Waals surface area contributed by atoms with Crippen LogP contribution in [0.4, 0.5) is 10.1 Å². The van der Waals surface area contributed by atoms with Gasteiger partial charge in [0.2, 0.25) is 5.91 Å². The molecule has 7 heteroatoms. The van der Waals surface area contributed by atoms with Crippen molar-refractivity contribution in [2.75, 3.05) is 11.1 Å². The van der Waals surface area contributed by atoms with Crippen LogP contribution in [-0.2, 0) is 17.8 Å². The van der Waals surface area contributed by atoms with Crippen LogP contribution in [0.15, 0.2) is 90.1 Å². The molecule has 0 atom stereocenters. The van der Waals surface area contributed by atoms with Gasteiger partial charge in [-0.1, -0.05) is 72.4 Å². The minimum atomic E-state index is -0.353. The molecule has 1 aromatic heterocycles. The Morgan fingerprint density at radius 1 is 0.903 bits per heavy atom. The zero-order valence-corrected chi connectivity index (χ0v) is 17.6. The number of thioether (sulfide) groups is 1. The molecular formula is C24H21FN4OS. The quantitative estimate of drug-likeness (QED) is 0.396. The fourth-order valence-corrected chi connectivity index (χ4v) is 3.94. The predicted molar refractivity (Wildman–Crippen MR) is 121 cm³/mol. The molecule has 0 aliphatic heterocycles. The monoisotopic (exact) mass is 432 g/mol. The van der Waals surface area contributed by atoms with Crippen molar-refractivity contribution in [3.63, 3.8) is 0 Å². The van der Waals surface area contributed by atoms with Crippen molar-refractivity contribution >= 4 is 23.4 Å². The summed E-state index contributed by atoms with van der Waals surface area (Å²) >= 11 is 1.29. The molecule has 0 spiro atoms. The second-order valence-electron chi connectivity index (χ2n) is 6.88. The van der Waals surface area contributed by atoms with Gasteiger partial charge in [0.05, 0.1) is 11.3 Å². The Balaban J connectivity index is 1.53. The van der Waals surface area contributed by atoms with Gasteiger partial charge in [-0.05, 0) is 36.2 Å². The highest BCUT2D eigenvalue weighted by Crippen LogP contribution is 2.26. The molecule has 0 bridgehead atoms. The largest absolute Gasteiger partial charge is 0.325 e. The topological polar surface area (TPSA) is 59.8 Å². The fourth-order valence-electron chi connectivity index (χ4n) is 3.17. The third-order valence-corrected chi connectivity index (χ3v) is 5.66. The van der Waals surface area contributed by atoms with E-state index in [9.17, 15) is 9.18 Å². The summed E-state index contributed by atoms with van der Waals surface area (Å²) in [6.07, 6.45) is 0.740. The number of carbonyl (C=O) groups is 1. The number of hydrogen-bond donors (Lipinski definition) is 1. The maximum absolute atomic E-state index is 14.4. The van der Waals surface area contributed by atoms with E-state index in [4.69, 9.17) is 0 Å². The maximum Gasteiger partial charge on any atom is 0.234 e. The number of nitrogens with one attached hydrogen (secondary N) is 1. The van der Waals surface area contributed by atoms with Crippen molar-refractivity contribution < 1.29 is 9.18 Å². The van der Waals surface area contributed by atoms with Crippen molar-refractivity contribution in [1.82, 2.24) is 14.8 Å². The summed E-state index contributed by atoms with van der Waals surface area (Å²) < 4.78 is 16.3. The zero-order valence-electron chi connectivity index (χ0n) is 16.7. The van der Waals surface area contributed by atoms with Crippen molar-refractivity contribution in [1.29, 1.82) is 0 Å². The summed E-state index contributed by atoms with van der Waals surface area (Å²) in [7, 11) is 0. The van der Waals surface area contributed by atoms with Crippen LogP contribution in [0.1, 0.15) is 5.56 Å². The number of aromatic nitrogens is 3. The van der Waals surface area contributed by atoms with E-state index in [-0.39, 0.29) is 17.5 Å². The van der Waals surface area contributed by atoms with Crippen molar-refractivity contribution in [2.24, 2.45) is 0 Å². The Morgan fingerprint density at radius 2 is 1.58 bits per heavy atom. The lowest BCUT2D eigenvalue weighted by atomic mass is 10.1. The molecule has 0 aliphatic rings. The number of benzene rings is 3. The summed E-state index contributed by atoms with van der Waals surface area (Å²) in [4.78, 5) is 12.4. The van der Waals surface area contributed by atoms with Crippen LogP contribution in [0.25, 0.3) is 11.4 Å². The molecular weight excluding hydrogens is 411 g/mol. The summed E-state index contributed by atoms with van der Waals surface area (Å²) in [5, 5.41) is 11.9. The highest BCUT2D eigenvalue weighted by atomic mass is 32.2. The van der Waals surface area contributed by atoms with E-state index < -0.39 is 0 Å². The minimum Gasteiger partial charge on any atom is -0.325 e. The second kappa shape index (κ2) is 10.0. The van der Waals surface area contributed by atoms with Gasteiger partial charge in [0.25, 0.3) is 0 Å². The van der Waals surface area contributed by atoms with Crippen molar-refractivity contribution in [3.8, 4) is 11.4 Å². The SMILES string of the molecule is O=C(CSc1nnc(-c2ccccc2F)n1CCc1ccccc1)Nc1ccccc1. The Bertz CT molecular complexity index is 1150. The van der Waals surface area contributed by atoms with Gasteiger partial charge in [0.1, 0.15) is 5.82 Å². The lowest BCUT2D eigenvalue weighted by Gasteiger charge is -2.11. The van der Waals surface area contributed by atoms with Gasteiger partial charge in [-0.25, -0.2) is 4.39 Å². The van der Waals surface area contributed by atoms with E-state index in [0.717, 1.165) is 17.7 Å². The third kappa shape index (κ3) is 5.38. The Kier molecular flexibility index (Phi) is 6.74. The van der Waals surface area contributed by atoms with E-state index in [2.05, 4.69) is 15.5 Å². The van der Waals surface area contributed by atoms with Gasteiger partial charge in [0.15, 0.2) is 11.0 Å². The molecule has 0 unspecified atom stereocenters. The van der Waals surface area contributed by atoms with Crippen molar-refractivity contribution in [2.45, 2.75) is 18.1 Å². The second-order valence-corrected chi connectivity index (χ2v) is 7.82. The molecule has 1 amide bonds. The molecule has 31 heavy (non-hydrogen) atoms. The number of para-hydroxylation sites is 1. The van der Waals surface area contributed by atoms with Gasteiger partial charge >= 0.3 is 0 Å². The molecule has 156 valence electrons. The zero-order chi connectivity index (χ0) is 21.5. The van der Waals surface area contributed by atoms with E-state index in [1.165, 1.54) is 17.8 Å². The normalized spacial score (nSPS) is 10.7. The van der Waals surface area contributed by atoms with Gasteiger partial charge in [0, 0.05) is 12.2 Å². The Labute approximate surface area is 184 Å². The molecule has 1 N–H and O–H groups in total. The number of anilines is 1. The molecule has 0 aliphatic carbocycles. The van der Waals surface area contributed by atoms with Gasteiger partial charge in [-0.3, -0.25) is 4.79 Å². The van der Waals surface area contributed by atoms with Crippen LogP contribution in [0.5, 0.6) is 0 Å². The molecule has 0 fully saturated rings. The van der Waals surface area contributed by atoms with Crippen molar-refractivity contribution in [3.05, 3.63) is 96.3 Å². The van der Waals surface area contributed by atoms with Crippen LogP contribution in [0, 0.1) is 5.82 Å². The van der Waals surface area contributed by atoms with Gasteiger partial charge < -0.3 is 9.88 Å². The number of carbonyl (C=O) groups excluding carboxylic acids is 1. The number of hydrogen-bond acceptors (Lipinski definition) is 4. The van der Waals surface area contributed by atoms with E-state index in [0.29, 0.717) is 23.1 Å². The van der Waals surface area contributed by atoms with E-state index >= 15 is 0 Å². The molecule has 1 heterocycles. The van der Waals surface area contributed by atoms with E-state index in [1.807, 2.05) is 65.2 Å². The number of aryl methyl sites for hydroxylation is 1. The molecule has 4 rings (SSSR count). The Morgan fingerprint density at radius 3 is 2.32 bits per heavy atom. The number of amides is 1. The number of halogens is 1. The van der Waals surface area contributed by atoms with Crippen LogP contribution >= 0.6 is 11.8 Å². The lowest BCUT2D eigenvalue weighted by Crippen LogP contribution is -2.15. The summed E-state index contributed by atoms with van der Waals surface area (Å²) in [5.41, 5.74) is 2.29. The molecule has 0 saturated heterocycles. The number of nitrogens with zero attached hydrogens (tertiary/aromatic N) is 3. The average molecular weight is 433 g/mol. The fraction of sp³-hybridized carbons (Fsp3) is 0.125. The lowest BCUT2D eigenvalue weighted by molar-refractivity contribution is -0.113. The van der Waals surface area contributed by atoms with Gasteiger partial charge in [-0.15, -0.1) is 10.2 Å². The smallest absolute Gasteiger partial charge is 0.234 e. The molecule has 0 saturated carbocycles. The molecule has 4 aromatic rings. The van der Waals surface area contributed by atoms with Crippen LogP contribution < -0.4 is 5.32 Å². The summed E-state index contributed by atoms with van der Waals surface area (Å²) in [6, 6.07) is 25.9. The summed E-state index contributed by atoms with van der Waals surface area (Å²) in [6.45, 7) is 0.573. The first kappa shape index (κ1) is 20.8. The maximum atomic E-state index is 14.4. The minimum absolute atomic E-state index is 0.138. The van der Waals surface area contributed by atoms with E-state index in [1.54, 1.807) is 18.2 Å². The summed E-state index contributed by atoms with van der Waals surface area (Å²) in [5.74, 6) is 0.144. The highest BCUT2D eigenvalue weighted by Gasteiger charge is 2.18. The predicted octanol–water partition coefficient (Wildman–Crippen LogP) is 5.06. The number of rotatable bonds is 8. The molecule has 0 radical (unpaired) electrons. The standard InChI is InChI=1S/C24H21FN4OS/c25-21-14-8-7-13-20(21)23-27-28-24(29(23)16-15-18-9-3-1-4-10-18)31-17-22(30)26-19-11-5-2-6-12-19/h1-14H,15-17H2,(H,26,30). The molecule has 3 aromatic carbocycles. The average Bonchev–Trinajstić information content (AvgIpc) is 3.20. The third-order valence-electron chi connectivity index (χ3n) is 4.69. The first-order valence-corrected chi connectivity index (χ1v) is 10.9. The van der Waals surface area contributed by atoms with Crippen LogP contribution in [0.2, 0.25) is 0 Å². The first-order chi connectivity index (χ1) is 15.2. The Hall–Kier alpha value is -3.45. The van der Waals surface area contributed by atoms with Gasteiger partial charge in [-0.2, -0.15) is 0 Å². The van der Waals surface area contributed by atoms with Crippen LogP contribution in [0.3, 0.4) is 0 Å². The molecule has 5 nitrogen and oxygen atoms in total. The highest BCUT2D eigenvalue weighted by molar-refractivity contribution is 7.99.